The van der Waals surface area contributed by atoms with Gasteiger partial charge in [0.15, 0.2) is 5.96 Å². The first-order chi connectivity index (χ1) is 10.7. The van der Waals surface area contributed by atoms with Crippen molar-refractivity contribution in [3.05, 3.63) is 18.2 Å². The number of nitrogens with one attached hydrogen (secondary N) is 1. The van der Waals surface area contributed by atoms with E-state index in [-0.39, 0.29) is 24.0 Å². The van der Waals surface area contributed by atoms with Crippen molar-refractivity contribution in [2.45, 2.75) is 46.1 Å². The Morgan fingerprint density at radius 2 is 2.00 bits per heavy atom. The second-order valence-corrected chi connectivity index (χ2v) is 5.52. The van der Waals surface area contributed by atoms with Gasteiger partial charge in [-0.3, -0.25) is 0 Å². The van der Waals surface area contributed by atoms with E-state index in [4.69, 9.17) is 15.2 Å². The number of nitrogens with two attached hydrogens (primary N) is 1. The smallest absolute Gasteiger partial charge is 0.193 e. The third-order valence-corrected chi connectivity index (χ3v) is 3.67. The molecule has 1 fully saturated rings. The van der Waals surface area contributed by atoms with Crippen molar-refractivity contribution in [2.75, 3.05) is 18.5 Å². The van der Waals surface area contributed by atoms with Crippen molar-refractivity contribution in [2.24, 2.45) is 16.6 Å². The predicted octanol–water partition coefficient (Wildman–Crippen LogP) is 4.02. The molecule has 1 aromatic rings. The molecule has 0 amide bonds. The van der Waals surface area contributed by atoms with Gasteiger partial charge < -0.3 is 20.5 Å². The molecule has 1 aromatic carbocycles. The van der Waals surface area contributed by atoms with Crippen LogP contribution in [0.15, 0.2) is 23.2 Å². The van der Waals surface area contributed by atoms with Gasteiger partial charge in [0.2, 0.25) is 0 Å². The molecule has 0 radical (unpaired) electrons. The average Bonchev–Trinajstić information content (AvgIpc) is 3.20. The van der Waals surface area contributed by atoms with Crippen LogP contribution in [0.25, 0.3) is 0 Å². The summed E-state index contributed by atoms with van der Waals surface area (Å²) < 4.78 is 11.2. The van der Waals surface area contributed by atoms with Crippen LogP contribution in [0.5, 0.6) is 11.5 Å². The number of anilines is 1. The molecule has 1 aliphatic rings. The summed E-state index contributed by atoms with van der Waals surface area (Å²) in [5.41, 5.74) is 6.83. The van der Waals surface area contributed by atoms with E-state index in [2.05, 4.69) is 17.2 Å². The number of hydrogen-bond acceptors (Lipinski definition) is 3. The van der Waals surface area contributed by atoms with Crippen LogP contribution < -0.4 is 20.5 Å². The van der Waals surface area contributed by atoms with E-state index in [9.17, 15) is 0 Å². The molecule has 2 rings (SSSR count). The van der Waals surface area contributed by atoms with Gasteiger partial charge in [-0.2, -0.15) is 0 Å². The van der Waals surface area contributed by atoms with Gasteiger partial charge in [-0.15, -0.1) is 24.0 Å². The topological polar surface area (TPSA) is 68.9 Å². The summed E-state index contributed by atoms with van der Waals surface area (Å²) in [4.78, 5) is 4.55. The van der Waals surface area contributed by atoms with Crippen LogP contribution in [0, 0.1) is 5.92 Å². The van der Waals surface area contributed by atoms with E-state index in [0.29, 0.717) is 31.1 Å². The lowest BCUT2D eigenvalue weighted by Crippen LogP contribution is -2.23. The normalized spacial score (nSPS) is 19.7. The van der Waals surface area contributed by atoms with Gasteiger partial charge in [0, 0.05) is 6.07 Å². The number of halogens is 1. The maximum atomic E-state index is 6.04. The summed E-state index contributed by atoms with van der Waals surface area (Å²) in [6.45, 7) is 7.34. The van der Waals surface area contributed by atoms with Gasteiger partial charge in [0.05, 0.1) is 24.9 Å². The molecule has 5 nitrogen and oxygen atoms in total. The fraction of sp³-hybridized carbons (Fsp3) is 0.588. The minimum Gasteiger partial charge on any atom is -0.494 e. The highest BCUT2D eigenvalue weighted by Crippen LogP contribution is 2.37. The number of nitrogens with zero attached hydrogens (tertiary/aromatic N) is 1. The van der Waals surface area contributed by atoms with E-state index < -0.39 is 0 Å². The monoisotopic (exact) mass is 433 g/mol. The molecule has 0 aromatic heterocycles. The fourth-order valence-corrected chi connectivity index (χ4v) is 2.56. The zero-order valence-electron chi connectivity index (χ0n) is 14.2. The third-order valence-electron chi connectivity index (χ3n) is 3.67. The van der Waals surface area contributed by atoms with Crippen LogP contribution in [-0.4, -0.2) is 25.2 Å². The minimum absolute atomic E-state index is 0. The number of benzene rings is 1. The Hall–Kier alpha value is -1.18. The molecule has 130 valence electrons. The molecule has 6 heteroatoms. The lowest BCUT2D eigenvalue weighted by Gasteiger charge is -2.14. The second-order valence-electron chi connectivity index (χ2n) is 5.52. The van der Waals surface area contributed by atoms with E-state index >= 15 is 0 Å². The summed E-state index contributed by atoms with van der Waals surface area (Å²) in [5, 5.41) is 3.15. The Morgan fingerprint density at radius 1 is 1.26 bits per heavy atom. The standard InChI is InChI=1S/C17H27N3O2.HI/c1-4-7-12-10-14(12)19-17(18)20-15-11-13(21-5-2)8-9-16(15)22-6-3;/h8-9,11-12,14H,4-7,10H2,1-3H3,(H3,18,19,20);1H. The Balaban J connectivity index is 0.00000264. The molecule has 2 atom stereocenters. The van der Waals surface area contributed by atoms with Gasteiger partial charge in [0.25, 0.3) is 0 Å². The highest BCUT2D eigenvalue weighted by atomic mass is 127. The summed E-state index contributed by atoms with van der Waals surface area (Å²) >= 11 is 0. The highest BCUT2D eigenvalue weighted by molar-refractivity contribution is 14.0. The highest BCUT2D eigenvalue weighted by Gasteiger charge is 2.36. The number of ether oxygens (including phenoxy) is 2. The van der Waals surface area contributed by atoms with Crippen molar-refractivity contribution in [1.29, 1.82) is 0 Å². The first-order valence-electron chi connectivity index (χ1n) is 8.17. The molecule has 0 aliphatic heterocycles. The van der Waals surface area contributed by atoms with E-state index in [1.54, 1.807) is 0 Å². The van der Waals surface area contributed by atoms with Crippen LogP contribution in [0.3, 0.4) is 0 Å². The van der Waals surface area contributed by atoms with Crippen LogP contribution in [-0.2, 0) is 0 Å². The molecule has 1 aliphatic carbocycles. The zero-order chi connectivity index (χ0) is 15.9. The van der Waals surface area contributed by atoms with Crippen LogP contribution in [0.1, 0.15) is 40.0 Å². The predicted molar refractivity (Wildman–Crippen MR) is 106 cm³/mol. The molecule has 23 heavy (non-hydrogen) atoms. The number of hydrogen-bond donors (Lipinski definition) is 2. The van der Waals surface area contributed by atoms with Crippen LogP contribution in [0.4, 0.5) is 5.69 Å². The van der Waals surface area contributed by atoms with Crippen molar-refractivity contribution in [1.82, 2.24) is 0 Å². The molecule has 2 unspecified atom stereocenters. The van der Waals surface area contributed by atoms with Crippen LogP contribution >= 0.6 is 24.0 Å². The Labute approximate surface area is 156 Å². The average molecular weight is 433 g/mol. The third kappa shape index (κ3) is 6.08. The molecular formula is C17H28IN3O2. The van der Waals surface area contributed by atoms with Gasteiger partial charge >= 0.3 is 0 Å². The fourth-order valence-electron chi connectivity index (χ4n) is 2.56. The molecule has 1 saturated carbocycles. The summed E-state index contributed by atoms with van der Waals surface area (Å²) in [7, 11) is 0. The van der Waals surface area contributed by atoms with Crippen LogP contribution in [0.2, 0.25) is 0 Å². The molecule has 0 heterocycles. The summed E-state index contributed by atoms with van der Waals surface area (Å²) in [5.74, 6) is 2.69. The number of aliphatic imine (C=N–C) groups is 1. The van der Waals surface area contributed by atoms with Crippen molar-refractivity contribution >= 4 is 35.6 Å². The van der Waals surface area contributed by atoms with Crippen molar-refractivity contribution in [3.63, 3.8) is 0 Å². The molecule has 0 saturated heterocycles. The molecule has 0 bridgehead atoms. The zero-order valence-corrected chi connectivity index (χ0v) is 16.5. The lowest BCUT2D eigenvalue weighted by atomic mass is 10.2. The van der Waals surface area contributed by atoms with Gasteiger partial charge in [-0.05, 0) is 44.7 Å². The quantitative estimate of drug-likeness (QED) is 0.369. The summed E-state index contributed by atoms with van der Waals surface area (Å²) in [6.07, 6.45) is 3.58. The number of rotatable bonds is 8. The number of guanidine groups is 1. The van der Waals surface area contributed by atoms with Gasteiger partial charge in [-0.1, -0.05) is 13.3 Å². The molecule has 3 N–H and O–H groups in total. The first-order valence-corrected chi connectivity index (χ1v) is 8.17. The van der Waals surface area contributed by atoms with E-state index in [0.717, 1.165) is 23.6 Å². The Bertz CT molecular complexity index is 523. The maximum absolute atomic E-state index is 6.04. The van der Waals surface area contributed by atoms with Crippen molar-refractivity contribution in [3.8, 4) is 11.5 Å². The summed E-state index contributed by atoms with van der Waals surface area (Å²) in [6, 6.07) is 6.05. The molecular weight excluding hydrogens is 405 g/mol. The SMILES string of the molecule is CCCC1CC1N=C(N)Nc1cc(OCC)ccc1OCC.I. The Kier molecular flexibility index (Phi) is 8.51. The largest absolute Gasteiger partial charge is 0.494 e. The molecule has 0 spiro atoms. The van der Waals surface area contributed by atoms with Gasteiger partial charge in [0.1, 0.15) is 11.5 Å². The van der Waals surface area contributed by atoms with Gasteiger partial charge in [-0.25, -0.2) is 4.99 Å². The van der Waals surface area contributed by atoms with E-state index in [1.165, 1.54) is 12.8 Å². The first kappa shape index (κ1) is 19.9. The maximum Gasteiger partial charge on any atom is 0.193 e. The minimum atomic E-state index is 0. The van der Waals surface area contributed by atoms with Crippen molar-refractivity contribution < 1.29 is 9.47 Å². The second kappa shape index (κ2) is 9.85. The lowest BCUT2D eigenvalue weighted by molar-refractivity contribution is 0.332. The van der Waals surface area contributed by atoms with E-state index in [1.807, 2.05) is 32.0 Å². The Morgan fingerprint density at radius 3 is 2.65 bits per heavy atom.